The summed E-state index contributed by atoms with van der Waals surface area (Å²) in [5.74, 6) is 2.03. The van der Waals surface area contributed by atoms with Gasteiger partial charge in [0.25, 0.3) is 0 Å². The number of ether oxygens (including phenoxy) is 2. The van der Waals surface area contributed by atoms with Gasteiger partial charge in [0.05, 0.1) is 25.3 Å². The number of H-pyrrole nitrogens is 1. The van der Waals surface area contributed by atoms with Crippen LogP contribution in [0.4, 0.5) is 22.2 Å². The highest BCUT2D eigenvalue weighted by atomic mass is 16.6. The smallest absolute Gasteiger partial charge is 0.409 e. The van der Waals surface area contributed by atoms with Gasteiger partial charge in [-0.15, -0.1) is 0 Å². The van der Waals surface area contributed by atoms with Gasteiger partial charge in [-0.25, -0.2) is 4.79 Å². The monoisotopic (exact) mass is 397 g/mol. The maximum absolute atomic E-state index is 11.9. The predicted molar refractivity (Wildman–Crippen MR) is 109 cm³/mol. The lowest BCUT2D eigenvalue weighted by atomic mass is 10.3. The summed E-state index contributed by atoms with van der Waals surface area (Å²) in [4.78, 5) is 25.0. The van der Waals surface area contributed by atoms with Crippen LogP contribution in [0.3, 0.4) is 0 Å². The number of nitrogens with one attached hydrogen (secondary N) is 2. The zero-order chi connectivity index (χ0) is 20.2. The van der Waals surface area contributed by atoms with E-state index in [4.69, 9.17) is 14.5 Å². The third kappa shape index (κ3) is 4.00. The average Bonchev–Trinajstić information content (AvgIpc) is 3.24. The number of rotatable bonds is 5. The van der Waals surface area contributed by atoms with Crippen molar-refractivity contribution < 1.29 is 14.3 Å². The molecule has 1 aliphatic heterocycles. The molecule has 1 aromatic carbocycles. The molecule has 0 bridgehead atoms. The van der Waals surface area contributed by atoms with Gasteiger partial charge in [-0.05, 0) is 31.2 Å². The molecule has 10 heteroatoms. The second-order valence-corrected chi connectivity index (χ2v) is 6.53. The third-order valence-electron chi connectivity index (χ3n) is 4.74. The maximum Gasteiger partial charge on any atom is 0.409 e. The van der Waals surface area contributed by atoms with E-state index >= 15 is 0 Å². The standard InChI is InChI=1S/C19H23N7O3/c1-3-29-19(27)26-10-8-25(9-11-26)18-22-16(15-12-20-24-17(15)23-18)21-13-4-6-14(28-2)7-5-13/h4-7,12H,3,8-11H2,1-2H3,(H2,20,21,22,23,24). The number of fused-ring (bicyclic) bond motifs is 1. The highest BCUT2D eigenvalue weighted by molar-refractivity contribution is 5.89. The molecular formula is C19H23N7O3. The summed E-state index contributed by atoms with van der Waals surface area (Å²) in [5.41, 5.74) is 1.53. The molecule has 2 N–H and O–H groups in total. The van der Waals surface area contributed by atoms with E-state index < -0.39 is 0 Å². The lowest BCUT2D eigenvalue weighted by molar-refractivity contribution is 0.105. The minimum Gasteiger partial charge on any atom is -0.497 e. The quantitative estimate of drug-likeness (QED) is 0.676. The lowest BCUT2D eigenvalue weighted by Gasteiger charge is -2.34. The van der Waals surface area contributed by atoms with Crippen molar-refractivity contribution in [1.82, 2.24) is 25.1 Å². The summed E-state index contributed by atoms with van der Waals surface area (Å²) in [6, 6.07) is 7.60. The summed E-state index contributed by atoms with van der Waals surface area (Å²) >= 11 is 0. The van der Waals surface area contributed by atoms with Crippen LogP contribution < -0.4 is 15.0 Å². The van der Waals surface area contributed by atoms with Crippen LogP contribution >= 0.6 is 0 Å². The van der Waals surface area contributed by atoms with E-state index in [-0.39, 0.29) is 6.09 Å². The number of methoxy groups -OCH3 is 1. The fourth-order valence-corrected chi connectivity index (χ4v) is 3.17. The third-order valence-corrected chi connectivity index (χ3v) is 4.74. The highest BCUT2D eigenvalue weighted by Crippen LogP contribution is 2.26. The van der Waals surface area contributed by atoms with E-state index in [0.717, 1.165) is 16.8 Å². The Bertz CT molecular complexity index is 981. The minimum atomic E-state index is -0.279. The Balaban J connectivity index is 1.54. The van der Waals surface area contributed by atoms with Crippen molar-refractivity contribution in [3.05, 3.63) is 30.5 Å². The van der Waals surface area contributed by atoms with Gasteiger partial charge in [0.2, 0.25) is 5.95 Å². The molecule has 0 aliphatic carbocycles. The van der Waals surface area contributed by atoms with E-state index in [1.54, 1.807) is 25.1 Å². The highest BCUT2D eigenvalue weighted by Gasteiger charge is 2.24. The van der Waals surface area contributed by atoms with Crippen LogP contribution in [-0.2, 0) is 4.74 Å². The van der Waals surface area contributed by atoms with E-state index in [1.165, 1.54) is 0 Å². The van der Waals surface area contributed by atoms with Crippen molar-refractivity contribution in [3.8, 4) is 5.75 Å². The number of benzene rings is 1. The molecule has 0 radical (unpaired) electrons. The molecule has 0 spiro atoms. The fraction of sp³-hybridized carbons (Fsp3) is 0.368. The van der Waals surface area contributed by atoms with Gasteiger partial charge in [0.15, 0.2) is 5.65 Å². The molecule has 1 fully saturated rings. The summed E-state index contributed by atoms with van der Waals surface area (Å²) < 4.78 is 10.3. The largest absolute Gasteiger partial charge is 0.497 e. The Morgan fingerprint density at radius 1 is 1.17 bits per heavy atom. The zero-order valence-corrected chi connectivity index (χ0v) is 16.4. The Labute approximate surface area is 167 Å². The molecule has 4 rings (SSSR count). The molecule has 10 nitrogen and oxygen atoms in total. The summed E-state index contributed by atoms with van der Waals surface area (Å²) in [6.45, 7) is 4.55. The van der Waals surface area contributed by atoms with Crippen molar-refractivity contribution in [2.75, 3.05) is 50.1 Å². The van der Waals surface area contributed by atoms with Crippen LogP contribution in [0.2, 0.25) is 0 Å². The summed E-state index contributed by atoms with van der Waals surface area (Å²) in [5, 5.41) is 11.1. The number of hydrogen-bond donors (Lipinski definition) is 2. The van der Waals surface area contributed by atoms with Crippen LogP contribution in [-0.4, -0.2) is 71.1 Å². The van der Waals surface area contributed by atoms with Crippen LogP contribution in [0.15, 0.2) is 30.5 Å². The number of anilines is 3. The molecule has 1 amide bonds. The molecule has 1 aliphatic rings. The van der Waals surface area contributed by atoms with Crippen molar-refractivity contribution in [2.24, 2.45) is 0 Å². The fourth-order valence-electron chi connectivity index (χ4n) is 3.17. The van der Waals surface area contributed by atoms with Gasteiger partial charge in [-0.2, -0.15) is 15.1 Å². The van der Waals surface area contributed by atoms with Gasteiger partial charge in [0, 0.05) is 31.9 Å². The normalized spacial score (nSPS) is 14.1. The number of carbonyl (C=O) groups excluding carboxylic acids is 1. The first-order chi connectivity index (χ1) is 14.2. The number of aromatic nitrogens is 4. The van der Waals surface area contributed by atoms with Crippen molar-refractivity contribution in [2.45, 2.75) is 6.92 Å². The molecule has 3 heterocycles. The maximum atomic E-state index is 11.9. The van der Waals surface area contributed by atoms with E-state index in [9.17, 15) is 4.79 Å². The SMILES string of the molecule is CCOC(=O)N1CCN(c2nc(Nc3ccc(OC)cc3)c3cn[nH]c3n2)CC1. The Hall–Kier alpha value is -3.56. The average molecular weight is 397 g/mol. The lowest BCUT2D eigenvalue weighted by Crippen LogP contribution is -2.49. The van der Waals surface area contributed by atoms with Crippen molar-refractivity contribution in [3.63, 3.8) is 0 Å². The molecular weight excluding hydrogens is 374 g/mol. The molecule has 152 valence electrons. The van der Waals surface area contributed by atoms with Crippen molar-refractivity contribution in [1.29, 1.82) is 0 Å². The minimum absolute atomic E-state index is 0.279. The summed E-state index contributed by atoms with van der Waals surface area (Å²) in [6.07, 6.45) is 1.42. The zero-order valence-electron chi connectivity index (χ0n) is 16.4. The van der Waals surface area contributed by atoms with Crippen LogP contribution in [0.5, 0.6) is 5.75 Å². The number of piperazine rings is 1. The Morgan fingerprint density at radius 2 is 1.93 bits per heavy atom. The number of hydrogen-bond acceptors (Lipinski definition) is 8. The molecule has 0 atom stereocenters. The Kier molecular flexibility index (Phi) is 5.32. The predicted octanol–water partition coefficient (Wildman–Crippen LogP) is 2.38. The van der Waals surface area contributed by atoms with Gasteiger partial charge >= 0.3 is 6.09 Å². The first-order valence-electron chi connectivity index (χ1n) is 9.46. The summed E-state index contributed by atoms with van der Waals surface area (Å²) in [7, 11) is 1.63. The first kappa shape index (κ1) is 18.8. The number of nitrogens with zero attached hydrogens (tertiary/aromatic N) is 5. The van der Waals surface area contributed by atoms with Gasteiger partial charge < -0.3 is 24.6 Å². The second-order valence-electron chi connectivity index (χ2n) is 6.53. The molecule has 0 saturated carbocycles. The molecule has 29 heavy (non-hydrogen) atoms. The van der Waals surface area contributed by atoms with Gasteiger partial charge in [-0.1, -0.05) is 0 Å². The van der Waals surface area contributed by atoms with Crippen LogP contribution in [0.25, 0.3) is 11.0 Å². The second kappa shape index (κ2) is 8.21. The van der Waals surface area contributed by atoms with Gasteiger partial charge in [0.1, 0.15) is 11.6 Å². The van der Waals surface area contributed by atoms with E-state index in [0.29, 0.717) is 50.2 Å². The first-order valence-corrected chi connectivity index (χ1v) is 9.46. The van der Waals surface area contributed by atoms with E-state index in [2.05, 4.69) is 25.4 Å². The molecule has 1 saturated heterocycles. The number of aromatic amines is 1. The molecule has 2 aromatic heterocycles. The van der Waals surface area contributed by atoms with Crippen LogP contribution in [0.1, 0.15) is 6.92 Å². The van der Waals surface area contributed by atoms with Gasteiger partial charge in [-0.3, -0.25) is 5.10 Å². The Morgan fingerprint density at radius 3 is 2.62 bits per heavy atom. The number of amides is 1. The topological polar surface area (TPSA) is 109 Å². The van der Waals surface area contributed by atoms with Crippen LogP contribution in [0, 0.1) is 0 Å². The molecule has 3 aromatic rings. The number of carbonyl (C=O) groups is 1. The van der Waals surface area contributed by atoms with Crippen molar-refractivity contribution >= 4 is 34.6 Å². The molecule has 0 unspecified atom stereocenters. The van der Waals surface area contributed by atoms with E-state index in [1.807, 2.05) is 24.3 Å².